The Morgan fingerprint density at radius 2 is 2.20 bits per heavy atom. The van der Waals surface area contributed by atoms with Crippen LogP contribution in [0.3, 0.4) is 0 Å². The minimum Gasteiger partial charge on any atom is -0.481 e. The predicted molar refractivity (Wildman–Crippen MR) is 83.3 cm³/mol. The van der Waals surface area contributed by atoms with Gasteiger partial charge in [0.25, 0.3) is 0 Å². The van der Waals surface area contributed by atoms with Gasteiger partial charge in [0.2, 0.25) is 5.91 Å². The van der Waals surface area contributed by atoms with Gasteiger partial charge in [0.05, 0.1) is 5.75 Å². The highest BCUT2D eigenvalue weighted by Gasteiger charge is 2.26. The molecule has 0 bridgehead atoms. The number of benzene rings is 1. The topological polar surface area (TPSA) is 66.4 Å². The van der Waals surface area contributed by atoms with E-state index in [1.54, 1.807) is 11.8 Å². The number of fused-ring (bicyclic) bond motifs is 1. The van der Waals surface area contributed by atoms with Crippen molar-refractivity contribution in [2.75, 3.05) is 23.8 Å². The number of rotatable bonds is 6. The summed E-state index contributed by atoms with van der Waals surface area (Å²) in [5.41, 5.74) is 2.37. The van der Waals surface area contributed by atoms with E-state index in [4.69, 9.17) is 5.11 Å². The molecule has 1 aromatic carbocycles. The molecule has 6 heteroatoms. The molecule has 1 unspecified atom stereocenters. The SMILES string of the molecule is O=C(O)CSCCNC(=O)C1SCCc2ccccc21. The second-order valence-electron chi connectivity index (χ2n) is 4.44. The summed E-state index contributed by atoms with van der Waals surface area (Å²) >= 11 is 2.98. The van der Waals surface area contributed by atoms with Crippen LogP contribution in [0.4, 0.5) is 0 Å². The molecule has 0 aliphatic carbocycles. The fourth-order valence-electron chi connectivity index (χ4n) is 2.11. The molecule has 0 spiro atoms. The molecule has 1 aliphatic rings. The fourth-order valence-corrected chi connectivity index (χ4v) is 3.89. The third kappa shape index (κ3) is 4.18. The van der Waals surface area contributed by atoms with Gasteiger partial charge in [-0.3, -0.25) is 9.59 Å². The molecule has 0 saturated heterocycles. The van der Waals surface area contributed by atoms with Crippen molar-refractivity contribution in [1.29, 1.82) is 0 Å². The van der Waals surface area contributed by atoms with Crippen LogP contribution < -0.4 is 5.32 Å². The Morgan fingerprint density at radius 3 is 3.00 bits per heavy atom. The van der Waals surface area contributed by atoms with Gasteiger partial charge in [0, 0.05) is 12.3 Å². The van der Waals surface area contributed by atoms with Crippen LogP contribution >= 0.6 is 23.5 Å². The predicted octanol–water partition coefficient (Wildman–Crippen LogP) is 1.95. The average Bonchev–Trinajstić information content (AvgIpc) is 2.45. The zero-order valence-corrected chi connectivity index (χ0v) is 12.6. The molecular formula is C14H17NO3S2. The number of carbonyl (C=O) groups is 2. The zero-order chi connectivity index (χ0) is 14.4. The molecule has 2 N–H and O–H groups in total. The van der Waals surface area contributed by atoms with Crippen molar-refractivity contribution < 1.29 is 14.7 Å². The van der Waals surface area contributed by atoms with Gasteiger partial charge in [0.15, 0.2) is 0 Å². The molecule has 108 valence electrons. The van der Waals surface area contributed by atoms with Gasteiger partial charge < -0.3 is 10.4 Å². The molecule has 1 atom stereocenters. The maximum absolute atomic E-state index is 12.2. The standard InChI is InChI=1S/C14H17NO3S2/c16-12(17)9-19-8-6-15-14(18)13-11-4-2-1-3-10(11)5-7-20-13/h1-4,13H,5-9H2,(H,15,18)(H,16,17). The summed E-state index contributed by atoms with van der Waals surface area (Å²) < 4.78 is 0. The highest BCUT2D eigenvalue weighted by atomic mass is 32.2. The Hall–Kier alpha value is -1.14. The van der Waals surface area contributed by atoms with E-state index in [0.29, 0.717) is 12.3 Å². The van der Waals surface area contributed by atoms with Crippen LogP contribution in [0.15, 0.2) is 24.3 Å². The molecule has 20 heavy (non-hydrogen) atoms. The molecule has 0 fully saturated rings. The van der Waals surface area contributed by atoms with Crippen molar-refractivity contribution in [3.63, 3.8) is 0 Å². The summed E-state index contributed by atoms with van der Waals surface area (Å²) in [5, 5.41) is 11.3. The van der Waals surface area contributed by atoms with Crippen molar-refractivity contribution >= 4 is 35.4 Å². The first kappa shape index (κ1) is 15.3. The molecule has 0 aromatic heterocycles. The van der Waals surface area contributed by atoms with E-state index in [2.05, 4.69) is 11.4 Å². The van der Waals surface area contributed by atoms with E-state index >= 15 is 0 Å². The highest BCUT2D eigenvalue weighted by molar-refractivity contribution is 8.00. The first-order valence-electron chi connectivity index (χ1n) is 6.45. The van der Waals surface area contributed by atoms with Crippen molar-refractivity contribution in [3.8, 4) is 0 Å². The van der Waals surface area contributed by atoms with Crippen molar-refractivity contribution in [2.24, 2.45) is 0 Å². The van der Waals surface area contributed by atoms with Crippen LogP contribution in [0.1, 0.15) is 16.4 Å². The van der Waals surface area contributed by atoms with Gasteiger partial charge >= 0.3 is 5.97 Å². The van der Waals surface area contributed by atoms with E-state index in [1.807, 2.05) is 18.2 Å². The van der Waals surface area contributed by atoms with Crippen LogP contribution in [0.5, 0.6) is 0 Å². The molecule has 1 aromatic rings. The van der Waals surface area contributed by atoms with Gasteiger partial charge in [-0.1, -0.05) is 24.3 Å². The molecule has 1 amide bonds. The molecule has 1 aliphatic heterocycles. The van der Waals surface area contributed by atoms with E-state index in [0.717, 1.165) is 17.7 Å². The van der Waals surface area contributed by atoms with Gasteiger partial charge in [-0.2, -0.15) is 0 Å². The minimum absolute atomic E-state index is 0.0260. The number of hydrogen-bond donors (Lipinski definition) is 2. The number of nitrogens with one attached hydrogen (secondary N) is 1. The second-order valence-corrected chi connectivity index (χ2v) is 6.76. The lowest BCUT2D eigenvalue weighted by Crippen LogP contribution is -2.31. The Balaban J connectivity index is 1.83. The third-order valence-corrected chi connectivity index (χ3v) is 5.19. The Kier molecular flexibility index (Phi) is 5.79. The summed E-state index contributed by atoms with van der Waals surface area (Å²) in [6.45, 7) is 0.510. The van der Waals surface area contributed by atoms with Crippen LogP contribution in [-0.4, -0.2) is 40.8 Å². The quantitative estimate of drug-likeness (QED) is 0.786. The normalized spacial score (nSPS) is 17.3. The Bertz CT molecular complexity index is 493. The molecule has 0 saturated carbocycles. The summed E-state index contributed by atoms with van der Waals surface area (Å²) in [6.07, 6.45) is 1.01. The van der Waals surface area contributed by atoms with Gasteiger partial charge in [-0.25, -0.2) is 0 Å². The van der Waals surface area contributed by atoms with Crippen molar-refractivity contribution in [2.45, 2.75) is 11.7 Å². The van der Waals surface area contributed by atoms with Crippen LogP contribution in [0.25, 0.3) is 0 Å². The maximum Gasteiger partial charge on any atom is 0.313 e. The largest absolute Gasteiger partial charge is 0.481 e. The number of aryl methyl sites for hydroxylation is 1. The van der Waals surface area contributed by atoms with Crippen molar-refractivity contribution in [3.05, 3.63) is 35.4 Å². The lowest BCUT2D eigenvalue weighted by atomic mass is 10.0. The third-order valence-electron chi connectivity index (χ3n) is 3.00. The number of carbonyl (C=O) groups excluding carboxylic acids is 1. The van der Waals surface area contributed by atoms with E-state index in [-0.39, 0.29) is 16.9 Å². The monoisotopic (exact) mass is 311 g/mol. The smallest absolute Gasteiger partial charge is 0.313 e. The molecule has 2 rings (SSSR count). The highest BCUT2D eigenvalue weighted by Crippen LogP contribution is 2.36. The van der Waals surface area contributed by atoms with E-state index in [9.17, 15) is 9.59 Å². The van der Waals surface area contributed by atoms with Gasteiger partial charge in [-0.15, -0.1) is 23.5 Å². The molecule has 4 nitrogen and oxygen atoms in total. The second kappa shape index (κ2) is 7.59. The first-order valence-corrected chi connectivity index (χ1v) is 8.65. The zero-order valence-electron chi connectivity index (χ0n) is 11.0. The summed E-state index contributed by atoms with van der Waals surface area (Å²) in [5.74, 6) is 0.868. The van der Waals surface area contributed by atoms with Crippen LogP contribution in [-0.2, 0) is 16.0 Å². The maximum atomic E-state index is 12.2. The number of aliphatic carboxylic acids is 1. The number of carboxylic acids is 1. The Labute approximate surface area is 126 Å². The number of hydrogen-bond acceptors (Lipinski definition) is 4. The Morgan fingerprint density at radius 1 is 1.40 bits per heavy atom. The van der Waals surface area contributed by atoms with Gasteiger partial charge in [0.1, 0.15) is 5.25 Å². The lowest BCUT2D eigenvalue weighted by molar-refractivity contribution is -0.133. The molecule has 1 heterocycles. The summed E-state index contributed by atoms with van der Waals surface area (Å²) in [7, 11) is 0. The molecular weight excluding hydrogens is 294 g/mol. The number of amides is 1. The van der Waals surface area contributed by atoms with Crippen LogP contribution in [0, 0.1) is 0 Å². The van der Waals surface area contributed by atoms with E-state index in [1.165, 1.54) is 17.3 Å². The van der Waals surface area contributed by atoms with E-state index < -0.39 is 5.97 Å². The fraction of sp³-hybridized carbons (Fsp3) is 0.429. The first-order chi connectivity index (χ1) is 9.68. The summed E-state index contributed by atoms with van der Waals surface area (Å²) in [4.78, 5) is 22.6. The van der Waals surface area contributed by atoms with Crippen LogP contribution in [0.2, 0.25) is 0 Å². The number of carboxylic acid groups (broad SMARTS) is 1. The average molecular weight is 311 g/mol. The molecule has 0 radical (unpaired) electrons. The summed E-state index contributed by atoms with van der Waals surface area (Å²) in [6, 6.07) is 8.07. The van der Waals surface area contributed by atoms with Crippen molar-refractivity contribution in [1.82, 2.24) is 5.32 Å². The number of thioether (sulfide) groups is 2. The van der Waals surface area contributed by atoms with Gasteiger partial charge in [-0.05, 0) is 23.3 Å². The lowest BCUT2D eigenvalue weighted by Gasteiger charge is -2.24. The minimum atomic E-state index is -0.821.